The minimum absolute atomic E-state index is 0.0745. The van der Waals surface area contributed by atoms with Crippen LogP contribution in [0.1, 0.15) is 50.7 Å². The number of ether oxygens (including phenoxy) is 2. The summed E-state index contributed by atoms with van der Waals surface area (Å²) in [7, 11) is 0. The molecular formula is C22H26O2. The molecule has 0 amide bonds. The van der Waals surface area contributed by atoms with Gasteiger partial charge >= 0.3 is 0 Å². The van der Waals surface area contributed by atoms with Crippen molar-refractivity contribution in [2.24, 2.45) is 10.8 Å². The maximum absolute atomic E-state index is 5.99. The van der Waals surface area contributed by atoms with Crippen LogP contribution in [0.25, 0.3) is 0 Å². The second-order valence-corrected chi connectivity index (χ2v) is 8.25. The zero-order valence-corrected chi connectivity index (χ0v) is 15.0. The number of para-hydroxylation sites is 2. The first-order valence-electron chi connectivity index (χ1n) is 8.86. The van der Waals surface area contributed by atoms with Crippen molar-refractivity contribution in [3.05, 3.63) is 59.7 Å². The lowest BCUT2D eigenvalue weighted by atomic mass is 9.54. The Morgan fingerprint density at radius 1 is 0.667 bits per heavy atom. The van der Waals surface area contributed by atoms with Crippen LogP contribution in [0.4, 0.5) is 0 Å². The number of rotatable bonds is 3. The summed E-state index contributed by atoms with van der Waals surface area (Å²) < 4.78 is 12.0. The summed E-state index contributed by atoms with van der Waals surface area (Å²) in [4.78, 5) is 0. The number of fused-ring (bicyclic) bond motifs is 2. The molecule has 0 fully saturated rings. The average Bonchev–Trinajstić information content (AvgIpc) is 3.19. The molecule has 2 heteroatoms. The van der Waals surface area contributed by atoms with Crippen LogP contribution in [-0.4, -0.2) is 13.2 Å². The van der Waals surface area contributed by atoms with E-state index in [2.05, 4.69) is 76.2 Å². The van der Waals surface area contributed by atoms with Crippen molar-refractivity contribution in [3.63, 3.8) is 0 Å². The predicted octanol–water partition coefficient (Wildman–Crippen LogP) is 5.39. The van der Waals surface area contributed by atoms with E-state index < -0.39 is 0 Å². The second-order valence-electron chi connectivity index (χ2n) is 8.25. The second kappa shape index (κ2) is 5.27. The molecule has 0 radical (unpaired) electrons. The molecule has 2 aromatic rings. The number of benzene rings is 2. The minimum atomic E-state index is 0.0745. The molecule has 2 nitrogen and oxygen atoms in total. The van der Waals surface area contributed by atoms with Gasteiger partial charge in [0, 0.05) is 23.0 Å². The molecule has 0 N–H and O–H groups in total. The van der Waals surface area contributed by atoms with Gasteiger partial charge in [0.2, 0.25) is 0 Å². The fraction of sp³-hybridized carbons (Fsp3) is 0.455. The first-order valence-corrected chi connectivity index (χ1v) is 8.86. The SMILES string of the molecule is CC(C)(C1COc2ccccc21)C(C)(C)C1COc2ccccc21. The smallest absolute Gasteiger partial charge is 0.122 e. The van der Waals surface area contributed by atoms with E-state index in [-0.39, 0.29) is 10.8 Å². The quantitative estimate of drug-likeness (QED) is 0.754. The van der Waals surface area contributed by atoms with Gasteiger partial charge in [-0.1, -0.05) is 64.1 Å². The Kier molecular flexibility index (Phi) is 3.42. The van der Waals surface area contributed by atoms with Crippen LogP contribution < -0.4 is 9.47 Å². The van der Waals surface area contributed by atoms with Gasteiger partial charge < -0.3 is 9.47 Å². The molecule has 24 heavy (non-hydrogen) atoms. The molecule has 2 unspecified atom stereocenters. The van der Waals surface area contributed by atoms with Gasteiger partial charge in [0.25, 0.3) is 0 Å². The summed E-state index contributed by atoms with van der Waals surface area (Å²) in [5.41, 5.74) is 2.85. The van der Waals surface area contributed by atoms with Gasteiger partial charge in [0.1, 0.15) is 11.5 Å². The molecule has 0 saturated heterocycles. The Bertz CT molecular complexity index is 695. The molecule has 126 valence electrons. The Morgan fingerprint density at radius 2 is 1.04 bits per heavy atom. The Balaban J connectivity index is 1.72. The van der Waals surface area contributed by atoms with E-state index in [1.165, 1.54) is 11.1 Å². The monoisotopic (exact) mass is 322 g/mol. The molecule has 0 aliphatic carbocycles. The Labute approximate surface area is 144 Å². The van der Waals surface area contributed by atoms with Crippen molar-refractivity contribution in [1.29, 1.82) is 0 Å². The lowest BCUT2D eigenvalue weighted by Crippen LogP contribution is -2.43. The molecule has 2 aliphatic rings. The third-order valence-electron chi connectivity index (χ3n) is 6.80. The molecule has 2 atom stereocenters. The summed E-state index contributed by atoms with van der Waals surface area (Å²) >= 11 is 0. The zero-order chi connectivity index (χ0) is 16.9. The lowest BCUT2D eigenvalue weighted by molar-refractivity contribution is 0.0317. The minimum Gasteiger partial charge on any atom is -0.493 e. The zero-order valence-electron chi connectivity index (χ0n) is 15.0. The molecule has 0 aromatic heterocycles. The summed E-state index contributed by atoms with van der Waals surface area (Å²) in [5, 5.41) is 0. The standard InChI is InChI=1S/C22H26O2/c1-21(2,17-13-23-19-11-7-5-9-15(17)19)22(3,4)18-14-24-20-12-8-6-10-16(18)20/h5-12,17-18H,13-14H2,1-4H3. The highest BCUT2D eigenvalue weighted by Crippen LogP contribution is 2.60. The van der Waals surface area contributed by atoms with E-state index in [4.69, 9.17) is 9.47 Å². The maximum Gasteiger partial charge on any atom is 0.122 e. The highest BCUT2D eigenvalue weighted by atomic mass is 16.5. The summed E-state index contributed by atoms with van der Waals surface area (Å²) in [6.07, 6.45) is 0. The largest absolute Gasteiger partial charge is 0.493 e. The van der Waals surface area contributed by atoms with Crippen LogP contribution in [0.3, 0.4) is 0 Å². The number of hydrogen-bond acceptors (Lipinski definition) is 2. The van der Waals surface area contributed by atoms with Crippen molar-refractivity contribution in [2.45, 2.75) is 39.5 Å². The van der Waals surface area contributed by atoms with Gasteiger partial charge in [-0.2, -0.15) is 0 Å². The van der Waals surface area contributed by atoms with Crippen LogP contribution in [0, 0.1) is 10.8 Å². The van der Waals surface area contributed by atoms with Crippen molar-refractivity contribution < 1.29 is 9.47 Å². The van der Waals surface area contributed by atoms with Gasteiger partial charge in [-0.15, -0.1) is 0 Å². The molecular weight excluding hydrogens is 296 g/mol. The number of hydrogen-bond donors (Lipinski definition) is 0. The van der Waals surface area contributed by atoms with E-state index in [0.29, 0.717) is 11.8 Å². The van der Waals surface area contributed by atoms with Gasteiger partial charge in [-0.3, -0.25) is 0 Å². The van der Waals surface area contributed by atoms with E-state index >= 15 is 0 Å². The topological polar surface area (TPSA) is 18.5 Å². The molecule has 2 aromatic carbocycles. The van der Waals surface area contributed by atoms with E-state index in [0.717, 1.165) is 24.7 Å². The highest BCUT2D eigenvalue weighted by molar-refractivity contribution is 5.44. The van der Waals surface area contributed by atoms with Gasteiger partial charge in [-0.25, -0.2) is 0 Å². The summed E-state index contributed by atoms with van der Waals surface area (Å²) in [5.74, 6) is 2.90. The Morgan fingerprint density at radius 3 is 1.46 bits per heavy atom. The van der Waals surface area contributed by atoms with Gasteiger partial charge in [0.05, 0.1) is 13.2 Å². The molecule has 2 heterocycles. The summed E-state index contributed by atoms with van der Waals surface area (Å²) in [6.45, 7) is 11.1. The van der Waals surface area contributed by atoms with Crippen molar-refractivity contribution in [1.82, 2.24) is 0 Å². The fourth-order valence-electron chi connectivity index (χ4n) is 4.42. The van der Waals surface area contributed by atoms with Crippen molar-refractivity contribution in [3.8, 4) is 11.5 Å². The molecule has 2 aliphatic heterocycles. The average molecular weight is 322 g/mol. The Hall–Kier alpha value is -1.96. The van der Waals surface area contributed by atoms with E-state index in [1.54, 1.807) is 0 Å². The fourth-order valence-corrected chi connectivity index (χ4v) is 4.42. The first-order chi connectivity index (χ1) is 11.4. The van der Waals surface area contributed by atoms with E-state index in [1.807, 2.05) is 0 Å². The van der Waals surface area contributed by atoms with Crippen LogP contribution in [0.5, 0.6) is 11.5 Å². The van der Waals surface area contributed by atoms with Crippen LogP contribution in [0.2, 0.25) is 0 Å². The molecule has 0 spiro atoms. The van der Waals surface area contributed by atoms with Crippen LogP contribution in [0.15, 0.2) is 48.5 Å². The van der Waals surface area contributed by atoms with Gasteiger partial charge in [-0.05, 0) is 23.0 Å². The molecule has 0 saturated carbocycles. The highest BCUT2D eigenvalue weighted by Gasteiger charge is 2.52. The summed E-state index contributed by atoms with van der Waals surface area (Å²) in [6, 6.07) is 17.0. The normalized spacial score (nSPS) is 22.5. The third kappa shape index (κ3) is 2.08. The predicted molar refractivity (Wildman–Crippen MR) is 96.9 cm³/mol. The van der Waals surface area contributed by atoms with Crippen molar-refractivity contribution in [2.75, 3.05) is 13.2 Å². The third-order valence-corrected chi connectivity index (χ3v) is 6.80. The van der Waals surface area contributed by atoms with Crippen LogP contribution in [-0.2, 0) is 0 Å². The molecule has 0 bridgehead atoms. The van der Waals surface area contributed by atoms with Crippen LogP contribution >= 0.6 is 0 Å². The van der Waals surface area contributed by atoms with Crippen molar-refractivity contribution >= 4 is 0 Å². The molecule has 4 rings (SSSR count). The maximum atomic E-state index is 5.99. The van der Waals surface area contributed by atoms with E-state index in [9.17, 15) is 0 Å². The van der Waals surface area contributed by atoms with Gasteiger partial charge in [0.15, 0.2) is 0 Å². The lowest BCUT2D eigenvalue weighted by Gasteiger charge is -2.48. The first kappa shape index (κ1) is 15.6.